The van der Waals surface area contributed by atoms with E-state index in [4.69, 9.17) is 18.5 Å². The largest absolute Gasteiger partial charge is 0.472 e. The summed E-state index contributed by atoms with van der Waals surface area (Å²) < 4.78 is 32.9. The lowest BCUT2D eigenvalue weighted by atomic mass is 9.94. The maximum Gasteiger partial charge on any atom is 0.472 e. The van der Waals surface area contributed by atoms with Crippen LogP contribution in [0.5, 0.6) is 5.75 Å². The quantitative estimate of drug-likeness (QED) is 0.0795. The van der Waals surface area contributed by atoms with E-state index in [1.54, 1.807) is 62.4 Å². The minimum Gasteiger partial charge on any atom is -0.463 e. The molecule has 0 aliphatic carbocycles. The highest BCUT2D eigenvalue weighted by Gasteiger charge is 2.27. The predicted octanol–water partition coefficient (Wildman–Crippen LogP) is 4.26. The number of carbonyl (C=O) groups excluding carboxylic acids is 3. The standard InChI is InChI=1S/C28H38NO9P/c1-6-22(28(32)35-18-19-37-39(33,34)36-17-16-29(3,4)5)20-21(2)27(31)38-25-14-12-24(13-15-25)26(30)23-10-8-7-9-11-23/h7-15,21-22H,6,16-20H2,1-5H3/p+1. The van der Waals surface area contributed by atoms with E-state index in [0.717, 1.165) is 0 Å². The molecule has 0 aliphatic heterocycles. The van der Waals surface area contributed by atoms with Crippen molar-refractivity contribution < 1.29 is 46.8 Å². The van der Waals surface area contributed by atoms with Gasteiger partial charge in [0.25, 0.3) is 0 Å². The van der Waals surface area contributed by atoms with Crippen molar-refractivity contribution in [3.8, 4) is 5.75 Å². The average molecular weight is 565 g/mol. The lowest BCUT2D eigenvalue weighted by molar-refractivity contribution is -0.870. The van der Waals surface area contributed by atoms with Crippen LogP contribution >= 0.6 is 7.82 Å². The molecule has 0 radical (unpaired) electrons. The van der Waals surface area contributed by atoms with Gasteiger partial charge in [0.1, 0.15) is 25.5 Å². The first-order chi connectivity index (χ1) is 18.3. The minimum atomic E-state index is -4.24. The van der Waals surface area contributed by atoms with Crippen LogP contribution in [0.25, 0.3) is 0 Å². The molecule has 0 saturated heterocycles. The number of hydrogen-bond donors (Lipinski definition) is 1. The highest BCUT2D eigenvalue weighted by atomic mass is 31.2. The Labute approximate surface area is 230 Å². The van der Waals surface area contributed by atoms with E-state index < -0.39 is 31.6 Å². The van der Waals surface area contributed by atoms with Gasteiger partial charge in [0.15, 0.2) is 5.78 Å². The number of ether oxygens (including phenoxy) is 2. The molecule has 0 aromatic heterocycles. The third-order valence-corrected chi connectivity index (χ3v) is 6.85. The maximum absolute atomic E-state index is 12.6. The van der Waals surface area contributed by atoms with E-state index in [-0.39, 0.29) is 32.0 Å². The monoisotopic (exact) mass is 564 g/mol. The van der Waals surface area contributed by atoms with Crippen molar-refractivity contribution >= 4 is 25.5 Å². The van der Waals surface area contributed by atoms with Gasteiger partial charge >= 0.3 is 19.8 Å². The average Bonchev–Trinajstić information content (AvgIpc) is 2.89. The molecule has 0 bridgehead atoms. The fraction of sp³-hybridized carbons (Fsp3) is 0.464. The molecule has 1 N–H and O–H groups in total. The molecule has 2 aromatic carbocycles. The Hall–Kier alpha value is -2.88. The highest BCUT2D eigenvalue weighted by molar-refractivity contribution is 7.47. The fourth-order valence-corrected chi connectivity index (χ4v) is 4.17. The second kappa shape index (κ2) is 15.1. The van der Waals surface area contributed by atoms with Crippen LogP contribution in [-0.4, -0.2) is 74.6 Å². The second-order valence-electron chi connectivity index (χ2n) is 10.2. The molecule has 0 fully saturated rings. The summed E-state index contributed by atoms with van der Waals surface area (Å²) in [4.78, 5) is 47.4. The number of phosphoric ester groups is 1. The number of esters is 2. The van der Waals surface area contributed by atoms with E-state index in [1.807, 2.05) is 27.2 Å². The van der Waals surface area contributed by atoms with Gasteiger partial charge in [-0.1, -0.05) is 44.2 Å². The third-order valence-electron chi connectivity index (χ3n) is 5.84. The van der Waals surface area contributed by atoms with Crippen LogP contribution in [0.3, 0.4) is 0 Å². The lowest BCUT2D eigenvalue weighted by Crippen LogP contribution is -2.37. The normalized spacial score (nSPS) is 14.6. The van der Waals surface area contributed by atoms with Crippen molar-refractivity contribution in [3.63, 3.8) is 0 Å². The Morgan fingerprint density at radius 2 is 1.46 bits per heavy atom. The van der Waals surface area contributed by atoms with Crippen LogP contribution in [0, 0.1) is 11.8 Å². The molecular formula is C28H39NO9P+. The molecule has 0 spiro atoms. The number of nitrogens with zero attached hydrogens (tertiary/aromatic N) is 1. The topological polar surface area (TPSA) is 125 Å². The first-order valence-corrected chi connectivity index (χ1v) is 14.3. The number of quaternary nitrogens is 1. The van der Waals surface area contributed by atoms with Gasteiger partial charge in [0.05, 0.1) is 39.6 Å². The summed E-state index contributed by atoms with van der Waals surface area (Å²) in [5, 5.41) is 0. The third kappa shape index (κ3) is 11.8. The van der Waals surface area contributed by atoms with Crippen LogP contribution in [0.1, 0.15) is 42.6 Å². The number of likely N-dealkylation sites (N-methyl/N-ethyl adjacent to an activating group) is 1. The second-order valence-corrected chi connectivity index (χ2v) is 11.7. The molecule has 10 nitrogen and oxygen atoms in total. The van der Waals surface area contributed by atoms with Gasteiger partial charge in [0, 0.05) is 11.1 Å². The highest BCUT2D eigenvalue weighted by Crippen LogP contribution is 2.42. The number of benzene rings is 2. The number of hydrogen-bond acceptors (Lipinski definition) is 8. The SMILES string of the molecule is CCC(CC(C)C(=O)Oc1ccc(C(=O)c2ccccc2)cc1)C(=O)OCCOP(=O)(O)OCC[N+](C)(C)C. The van der Waals surface area contributed by atoms with E-state index in [1.165, 1.54) is 0 Å². The first kappa shape index (κ1) is 32.3. The van der Waals surface area contributed by atoms with Gasteiger partial charge in [-0.05, 0) is 37.1 Å². The maximum atomic E-state index is 12.6. The minimum absolute atomic E-state index is 0.0406. The summed E-state index contributed by atoms with van der Waals surface area (Å²) in [6, 6.07) is 15.2. The summed E-state index contributed by atoms with van der Waals surface area (Å²) in [6.45, 7) is 3.47. The van der Waals surface area contributed by atoms with Gasteiger partial charge < -0.3 is 18.9 Å². The summed E-state index contributed by atoms with van der Waals surface area (Å²) in [5.41, 5.74) is 1.04. The van der Waals surface area contributed by atoms with Crippen LogP contribution in [0.15, 0.2) is 54.6 Å². The van der Waals surface area contributed by atoms with E-state index in [2.05, 4.69) is 0 Å². The fourth-order valence-electron chi connectivity index (χ4n) is 3.48. The zero-order valence-corrected chi connectivity index (χ0v) is 24.1. The lowest BCUT2D eigenvalue weighted by Gasteiger charge is -2.24. The number of ketones is 1. The smallest absolute Gasteiger partial charge is 0.463 e. The summed E-state index contributed by atoms with van der Waals surface area (Å²) in [7, 11) is 1.52. The van der Waals surface area contributed by atoms with Crippen LogP contribution in [-0.2, 0) is 27.9 Å². The number of rotatable bonds is 16. The van der Waals surface area contributed by atoms with Crippen molar-refractivity contribution in [3.05, 3.63) is 65.7 Å². The van der Waals surface area contributed by atoms with Crippen LogP contribution in [0.2, 0.25) is 0 Å². The van der Waals surface area contributed by atoms with Gasteiger partial charge in [-0.15, -0.1) is 0 Å². The van der Waals surface area contributed by atoms with Gasteiger partial charge in [-0.25, -0.2) is 4.57 Å². The molecule has 2 aromatic rings. The van der Waals surface area contributed by atoms with Crippen LogP contribution < -0.4 is 4.74 Å². The summed E-state index contributed by atoms with van der Waals surface area (Å²) >= 11 is 0. The Bertz CT molecular complexity index is 1130. The molecule has 11 heteroatoms. The Morgan fingerprint density at radius 3 is 2.05 bits per heavy atom. The Balaban J connectivity index is 1.78. The number of carbonyl (C=O) groups is 3. The van der Waals surface area contributed by atoms with Gasteiger partial charge in [-0.3, -0.25) is 23.4 Å². The van der Waals surface area contributed by atoms with Gasteiger partial charge in [0.2, 0.25) is 0 Å². The first-order valence-electron chi connectivity index (χ1n) is 12.8. The molecule has 0 heterocycles. The summed E-state index contributed by atoms with van der Waals surface area (Å²) in [5.74, 6) is -2.06. The van der Waals surface area contributed by atoms with Crippen molar-refractivity contribution in [1.29, 1.82) is 0 Å². The van der Waals surface area contributed by atoms with Crippen LogP contribution in [0.4, 0.5) is 0 Å². The van der Waals surface area contributed by atoms with Gasteiger partial charge in [-0.2, -0.15) is 0 Å². The van der Waals surface area contributed by atoms with E-state index in [9.17, 15) is 23.8 Å². The molecule has 2 rings (SSSR count). The molecule has 0 amide bonds. The van der Waals surface area contributed by atoms with Crippen molar-refractivity contribution in [2.75, 3.05) is 47.5 Å². The Morgan fingerprint density at radius 1 is 0.872 bits per heavy atom. The molecule has 0 saturated carbocycles. The van der Waals surface area contributed by atoms with E-state index >= 15 is 0 Å². The number of phosphoric acid groups is 1. The molecular weight excluding hydrogens is 525 g/mol. The molecule has 3 atom stereocenters. The summed E-state index contributed by atoms with van der Waals surface area (Å²) in [6.07, 6.45) is 0.631. The molecule has 39 heavy (non-hydrogen) atoms. The zero-order chi connectivity index (χ0) is 29.1. The van der Waals surface area contributed by atoms with Crippen molar-refractivity contribution in [1.82, 2.24) is 0 Å². The predicted molar refractivity (Wildman–Crippen MR) is 145 cm³/mol. The van der Waals surface area contributed by atoms with Crippen molar-refractivity contribution in [2.24, 2.45) is 11.8 Å². The molecule has 0 aliphatic rings. The van der Waals surface area contributed by atoms with E-state index in [0.29, 0.717) is 34.3 Å². The van der Waals surface area contributed by atoms with Crippen molar-refractivity contribution in [2.45, 2.75) is 26.7 Å². The molecule has 214 valence electrons. The zero-order valence-electron chi connectivity index (χ0n) is 23.2. The molecule has 3 unspecified atom stereocenters. The Kier molecular flexibility index (Phi) is 12.5.